The molecule has 1 aromatic heterocycles. The number of hydrogen-bond acceptors (Lipinski definition) is 3. The van der Waals surface area contributed by atoms with Gasteiger partial charge in [0.1, 0.15) is 11.6 Å². The Hall–Kier alpha value is -1.97. The predicted octanol–water partition coefficient (Wildman–Crippen LogP) is 2.17. The summed E-state index contributed by atoms with van der Waals surface area (Å²) in [6, 6.07) is 6.08. The van der Waals surface area contributed by atoms with Gasteiger partial charge in [0.25, 0.3) is 0 Å². The Morgan fingerprint density at radius 2 is 2.07 bits per heavy atom. The van der Waals surface area contributed by atoms with E-state index < -0.39 is 0 Å². The van der Waals surface area contributed by atoms with Crippen molar-refractivity contribution >= 4 is 5.69 Å². The summed E-state index contributed by atoms with van der Waals surface area (Å²) >= 11 is 0. The second kappa shape index (κ2) is 3.65. The fraction of sp³-hybridized carbons (Fsp3) is 0.0909. The highest BCUT2D eigenvalue weighted by atomic mass is 19.1. The Kier molecular flexibility index (Phi) is 2.33. The van der Waals surface area contributed by atoms with Gasteiger partial charge in [0.2, 0.25) is 0 Å². The normalized spacial score (nSPS) is 10.3. The van der Waals surface area contributed by atoms with Gasteiger partial charge in [0.15, 0.2) is 0 Å². The molecule has 0 radical (unpaired) electrons. The third-order valence-electron chi connectivity index (χ3n) is 2.04. The van der Waals surface area contributed by atoms with E-state index >= 15 is 0 Å². The summed E-state index contributed by atoms with van der Waals surface area (Å²) in [6.07, 6.45) is 1.60. The fourth-order valence-corrected chi connectivity index (χ4v) is 1.35. The maximum absolute atomic E-state index is 13.5. The van der Waals surface area contributed by atoms with Crippen molar-refractivity contribution in [2.75, 3.05) is 5.73 Å². The van der Waals surface area contributed by atoms with Gasteiger partial charge in [-0.15, -0.1) is 0 Å². The Balaban J connectivity index is 2.58. The molecule has 0 saturated heterocycles. The van der Waals surface area contributed by atoms with E-state index in [2.05, 4.69) is 9.97 Å². The smallest absolute Gasteiger partial charge is 0.132 e. The molecule has 2 rings (SSSR count). The van der Waals surface area contributed by atoms with Crippen LogP contribution >= 0.6 is 0 Å². The van der Waals surface area contributed by atoms with Crippen LogP contribution in [0.1, 0.15) is 5.82 Å². The Bertz CT molecular complexity index is 497. The standard InChI is InChI=1S/C11H10FN3/c1-7-14-5-4-11(15-7)9-6-8(13)2-3-10(9)12/h2-6H,13H2,1H3. The Morgan fingerprint density at radius 3 is 2.80 bits per heavy atom. The molecule has 1 aromatic carbocycles. The van der Waals surface area contributed by atoms with Gasteiger partial charge in [-0.1, -0.05) is 0 Å². The molecule has 0 bridgehead atoms. The molecular formula is C11H10FN3. The third-order valence-corrected chi connectivity index (χ3v) is 2.04. The molecule has 0 saturated carbocycles. The van der Waals surface area contributed by atoms with Gasteiger partial charge in [0.05, 0.1) is 5.69 Å². The van der Waals surface area contributed by atoms with Gasteiger partial charge in [-0.3, -0.25) is 0 Å². The molecule has 15 heavy (non-hydrogen) atoms. The lowest BCUT2D eigenvalue weighted by Crippen LogP contribution is -1.94. The molecule has 0 unspecified atom stereocenters. The van der Waals surface area contributed by atoms with Crippen LogP contribution in [0.25, 0.3) is 11.3 Å². The number of nitrogen functional groups attached to an aromatic ring is 1. The highest BCUT2D eigenvalue weighted by molar-refractivity contribution is 5.64. The van der Waals surface area contributed by atoms with Crippen LogP contribution in [-0.2, 0) is 0 Å². The summed E-state index contributed by atoms with van der Waals surface area (Å²) in [6.45, 7) is 1.76. The molecule has 0 aliphatic rings. The van der Waals surface area contributed by atoms with Crippen LogP contribution < -0.4 is 5.73 Å². The molecular weight excluding hydrogens is 193 g/mol. The average Bonchev–Trinajstić information content (AvgIpc) is 2.22. The van der Waals surface area contributed by atoms with Crippen LogP contribution in [0.2, 0.25) is 0 Å². The molecule has 2 N–H and O–H groups in total. The number of hydrogen-bond donors (Lipinski definition) is 1. The van der Waals surface area contributed by atoms with Gasteiger partial charge in [-0.2, -0.15) is 0 Å². The van der Waals surface area contributed by atoms with E-state index in [1.807, 2.05) is 0 Å². The van der Waals surface area contributed by atoms with E-state index in [1.165, 1.54) is 12.1 Å². The van der Waals surface area contributed by atoms with Gasteiger partial charge in [-0.25, -0.2) is 14.4 Å². The zero-order valence-corrected chi connectivity index (χ0v) is 8.24. The summed E-state index contributed by atoms with van der Waals surface area (Å²) in [5.74, 6) is 0.275. The number of anilines is 1. The average molecular weight is 203 g/mol. The number of aromatic nitrogens is 2. The van der Waals surface area contributed by atoms with Gasteiger partial charge in [0, 0.05) is 17.4 Å². The van der Waals surface area contributed by atoms with Gasteiger partial charge < -0.3 is 5.73 Å². The zero-order valence-electron chi connectivity index (χ0n) is 8.24. The van der Waals surface area contributed by atoms with Crippen molar-refractivity contribution in [3.05, 3.63) is 42.1 Å². The van der Waals surface area contributed by atoms with Crippen LogP contribution in [0, 0.1) is 12.7 Å². The van der Waals surface area contributed by atoms with Crippen molar-refractivity contribution < 1.29 is 4.39 Å². The minimum atomic E-state index is -0.331. The largest absolute Gasteiger partial charge is 0.399 e. The van der Waals surface area contributed by atoms with Crippen molar-refractivity contribution in [1.29, 1.82) is 0 Å². The van der Waals surface area contributed by atoms with E-state index in [0.29, 0.717) is 22.8 Å². The first kappa shape index (κ1) is 9.58. The molecule has 1 heterocycles. The number of halogens is 1. The first-order valence-corrected chi connectivity index (χ1v) is 4.52. The third kappa shape index (κ3) is 1.93. The Labute approximate surface area is 86.8 Å². The van der Waals surface area contributed by atoms with E-state index in [1.54, 1.807) is 25.3 Å². The van der Waals surface area contributed by atoms with Gasteiger partial charge >= 0.3 is 0 Å². The first-order chi connectivity index (χ1) is 7.16. The minimum absolute atomic E-state index is 0.331. The summed E-state index contributed by atoms with van der Waals surface area (Å²) in [7, 11) is 0. The summed E-state index contributed by atoms with van der Waals surface area (Å²) in [5, 5.41) is 0. The molecule has 2 aromatic rings. The van der Waals surface area contributed by atoms with Crippen molar-refractivity contribution in [3.8, 4) is 11.3 Å². The molecule has 0 amide bonds. The topological polar surface area (TPSA) is 51.8 Å². The molecule has 0 spiro atoms. The lowest BCUT2D eigenvalue weighted by molar-refractivity contribution is 0.631. The molecule has 4 heteroatoms. The molecule has 0 aliphatic carbocycles. The van der Waals surface area contributed by atoms with Crippen LogP contribution in [0.4, 0.5) is 10.1 Å². The van der Waals surface area contributed by atoms with E-state index in [-0.39, 0.29) is 5.82 Å². The number of aryl methyl sites for hydroxylation is 1. The second-order valence-electron chi connectivity index (χ2n) is 3.23. The van der Waals surface area contributed by atoms with Crippen LogP contribution in [0.15, 0.2) is 30.5 Å². The number of nitrogens with zero attached hydrogens (tertiary/aromatic N) is 2. The molecule has 0 fully saturated rings. The summed E-state index contributed by atoms with van der Waals surface area (Å²) in [4.78, 5) is 8.09. The lowest BCUT2D eigenvalue weighted by Gasteiger charge is -2.04. The number of benzene rings is 1. The van der Waals surface area contributed by atoms with E-state index in [0.717, 1.165) is 0 Å². The van der Waals surface area contributed by atoms with Crippen molar-refractivity contribution in [3.63, 3.8) is 0 Å². The minimum Gasteiger partial charge on any atom is -0.399 e. The van der Waals surface area contributed by atoms with Gasteiger partial charge in [-0.05, 0) is 31.2 Å². The van der Waals surface area contributed by atoms with Crippen molar-refractivity contribution in [1.82, 2.24) is 9.97 Å². The molecule has 0 atom stereocenters. The highest BCUT2D eigenvalue weighted by Crippen LogP contribution is 2.22. The monoisotopic (exact) mass is 203 g/mol. The van der Waals surface area contributed by atoms with Crippen LogP contribution in [0.5, 0.6) is 0 Å². The lowest BCUT2D eigenvalue weighted by atomic mass is 10.1. The summed E-state index contributed by atoms with van der Waals surface area (Å²) < 4.78 is 13.5. The molecule has 3 nitrogen and oxygen atoms in total. The Morgan fingerprint density at radius 1 is 1.27 bits per heavy atom. The van der Waals surface area contributed by atoms with Crippen LogP contribution in [-0.4, -0.2) is 9.97 Å². The zero-order chi connectivity index (χ0) is 10.8. The maximum Gasteiger partial charge on any atom is 0.132 e. The van der Waals surface area contributed by atoms with E-state index in [4.69, 9.17) is 5.73 Å². The highest BCUT2D eigenvalue weighted by Gasteiger charge is 2.06. The SMILES string of the molecule is Cc1nccc(-c2cc(N)ccc2F)n1. The maximum atomic E-state index is 13.5. The summed E-state index contributed by atoms with van der Waals surface area (Å²) in [5.41, 5.74) is 7.06. The first-order valence-electron chi connectivity index (χ1n) is 4.52. The predicted molar refractivity (Wildman–Crippen MR) is 56.6 cm³/mol. The van der Waals surface area contributed by atoms with Crippen molar-refractivity contribution in [2.45, 2.75) is 6.92 Å². The molecule has 76 valence electrons. The molecule has 0 aliphatic heterocycles. The second-order valence-corrected chi connectivity index (χ2v) is 3.23. The quantitative estimate of drug-likeness (QED) is 0.722. The number of nitrogens with two attached hydrogens (primary N) is 1. The van der Waals surface area contributed by atoms with Crippen LogP contribution in [0.3, 0.4) is 0 Å². The number of rotatable bonds is 1. The fourth-order valence-electron chi connectivity index (χ4n) is 1.35. The van der Waals surface area contributed by atoms with Crippen molar-refractivity contribution in [2.24, 2.45) is 0 Å². The van der Waals surface area contributed by atoms with E-state index in [9.17, 15) is 4.39 Å².